The number of carbonyl (C=O) groups excluding carboxylic acids is 2. The lowest BCUT2D eigenvalue weighted by molar-refractivity contribution is -0.139. The van der Waals surface area contributed by atoms with Gasteiger partial charge in [0.25, 0.3) is 10.0 Å². The molecule has 4 aromatic rings. The maximum Gasteiger partial charge on any atom is 0.264 e. The second kappa shape index (κ2) is 15.0. The molecule has 2 amide bonds. The normalized spacial score (nSPS) is 11.9. The predicted octanol–water partition coefficient (Wildman–Crippen LogP) is 6.55. The molecule has 12 heteroatoms. The summed E-state index contributed by atoms with van der Waals surface area (Å²) in [5, 5.41) is 3.45. The third-order valence-electron chi connectivity index (χ3n) is 7.21. The molecule has 45 heavy (non-hydrogen) atoms. The Bertz CT molecular complexity index is 1750. The van der Waals surface area contributed by atoms with Gasteiger partial charge in [0.05, 0.1) is 17.7 Å². The van der Waals surface area contributed by atoms with Crippen LogP contribution in [-0.4, -0.2) is 51.9 Å². The Morgan fingerprint density at radius 2 is 1.53 bits per heavy atom. The molecule has 8 nitrogen and oxygen atoms in total. The van der Waals surface area contributed by atoms with Gasteiger partial charge in [-0.05, 0) is 55.0 Å². The van der Waals surface area contributed by atoms with E-state index >= 15 is 0 Å². The van der Waals surface area contributed by atoms with Crippen molar-refractivity contribution in [2.75, 3.05) is 25.0 Å². The average Bonchev–Trinajstić information content (AvgIpc) is 3.02. The van der Waals surface area contributed by atoms with E-state index in [0.717, 1.165) is 15.4 Å². The smallest absolute Gasteiger partial charge is 0.264 e. The molecule has 0 aromatic heterocycles. The van der Waals surface area contributed by atoms with Gasteiger partial charge in [0, 0.05) is 40.6 Å². The molecule has 0 aliphatic rings. The van der Waals surface area contributed by atoms with Crippen LogP contribution in [-0.2, 0) is 32.6 Å². The lowest BCUT2D eigenvalue weighted by Crippen LogP contribution is -2.53. The number of likely N-dealkylation sites (N-methyl/N-ethyl adjacent to an activating group) is 1. The van der Waals surface area contributed by atoms with E-state index in [1.54, 1.807) is 36.4 Å². The van der Waals surface area contributed by atoms with Gasteiger partial charge in [-0.1, -0.05) is 88.9 Å². The van der Waals surface area contributed by atoms with Crippen molar-refractivity contribution >= 4 is 62.3 Å². The first-order valence-corrected chi connectivity index (χ1v) is 16.4. The van der Waals surface area contributed by atoms with Crippen LogP contribution in [0, 0.1) is 6.92 Å². The Morgan fingerprint density at radius 3 is 2.13 bits per heavy atom. The zero-order valence-corrected chi connectivity index (χ0v) is 27.9. The highest BCUT2D eigenvalue weighted by Gasteiger charge is 2.36. The van der Waals surface area contributed by atoms with E-state index in [4.69, 9.17) is 39.5 Å². The standard InChI is InChI=1S/C33H32Cl3N3O5S/c1-22-12-15-25(16-13-22)45(42,43)39(29-19-24(34)14-17-31(29)44-3)21-32(40)38(20-26-27(35)10-7-11-28(26)36)30(33(41)37-2)18-23-8-5-4-6-9-23/h4-17,19,30H,18,20-21H2,1-3H3,(H,37,41). The molecule has 0 heterocycles. The highest BCUT2D eigenvalue weighted by Crippen LogP contribution is 2.35. The number of nitrogens with zero attached hydrogens (tertiary/aromatic N) is 2. The Kier molecular flexibility index (Phi) is 11.4. The lowest BCUT2D eigenvalue weighted by Gasteiger charge is -2.34. The molecular weight excluding hydrogens is 657 g/mol. The maximum absolute atomic E-state index is 14.5. The Labute approximate surface area is 278 Å². The summed E-state index contributed by atoms with van der Waals surface area (Å²) in [7, 11) is -1.50. The largest absolute Gasteiger partial charge is 0.495 e. The first kappa shape index (κ1) is 34.1. The zero-order valence-electron chi connectivity index (χ0n) is 24.8. The van der Waals surface area contributed by atoms with Gasteiger partial charge in [-0.15, -0.1) is 0 Å². The summed E-state index contributed by atoms with van der Waals surface area (Å²) in [5.41, 5.74) is 2.10. The van der Waals surface area contributed by atoms with E-state index in [1.807, 2.05) is 37.3 Å². The summed E-state index contributed by atoms with van der Waals surface area (Å²) >= 11 is 19.4. The summed E-state index contributed by atoms with van der Waals surface area (Å²) in [5.74, 6) is -0.965. The molecule has 1 atom stereocenters. The number of nitrogens with one attached hydrogen (secondary N) is 1. The number of rotatable bonds is 12. The minimum Gasteiger partial charge on any atom is -0.495 e. The second-order valence-electron chi connectivity index (χ2n) is 10.2. The molecule has 0 aliphatic carbocycles. The van der Waals surface area contributed by atoms with E-state index in [1.165, 1.54) is 43.3 Å². The number of benzene rings is 4. The summed E-state index contributed by atoms with van der Waals surface area (Å²) in [6, 6.07) is 23.8. The highest BCUT2D eigenvalue weighted by atomic mass is 35.5. The van der Waals surface area contributed by atoms with Crippen molar-refractivity contribution in [2.24, 2.45) is 0 Å². The van der Waals surface area contributed by atoms with Crippen molar-refractivity contribution in [3.8, 4) is 5.75 Å². The van der Waals surface area contributed by atoms with Crippen molar-refractivity contribution in [1.29, 1.82) is 0 Å². The number of hydrogen-bond acceptors (Lipinski definition) is 5. The molecule has 4 aromatic carbocycles. The van der Waals surface area contributed by atoms with Crippen LogP contribution in [0.5, 0.6) is 5.75 Å². The summed E-state index contributed by atoms with van der Waals surface area (Å²) in [4.78, 5) is 29.2. The molecule has 0 saturated heterocycles. The monoisotopic (exact) mass is 687 g/mol. The molecule has 0 radical (unpaired) electrons. The van der Waals surface area contributed by atoms with Crippen LogP contribution < -0.4 is 14.4 Å². The van der Waals surface area contributed by atoms with E-state index in [-0.39, 0.29) is 44.4 Å². The summed E-state index contributed by atoms with van der Waals surface area (Å²) in [6.45, 7) is 0.964. The van der Waals surface area contributed by atoms with Crippen molar-refractivity contribution in [3.05, 3.63) is 123 Å². The van der Waals surface area contributed by atoms with Crippen LogP contribution in [0.25, 0.3) is 0 Å². The first-order chi connectivity index (χ1) is 21.5. The fourth-order valence-electron chi connectivity index (χ4n) is 4.78. The number of amides is 2. The number of ether oxygens (including phenoxy) is 1. The first-order valence-electron chi connectivity index (χ1n) is 13.9. The topological polar surface area (TPSA) is 96.0 Å². The van der Waals surface area contributed by atoms with Crippen LogP contribution in [0.4, 0.5) is 5.69 Å². The fourth-order valence-corrected chi connectivity index (χ4v) is 6.88. The van der Waals surface area contributed by atoms with Crippen LogP contribution in [0.1, 0.15) is 16.7 Å². The molecule has 1 unspecified atom stereocenters. The van der Waals surface area contributed by atoms with Gasteiger partial charge in [-0.25, -0.2) is 8.42 Å². The van der Waals surface area contributed by atoms with E-state index < -0.39 is 34.4 Å². The maximum atomic E-state index is 14.5. The summed E-state index contributed by atoms with van der Waals surface area (Å²) < 4.78 is 34.9. The van der Waals surface area contributed by atoms with Crippen molar-refractivity contribution < 1.29 is 22.7 Å². The van der Waals surface area contributed by atoms with Crippen LogP contribution >= 0.6 is 34.8 Å². The van der Waals surface area contributed by atoms with Crippen LogP contribution in [0.15, 0.2) is 95.9 Å². The summed E-state index contributed by atoms with van der Waals surface area (Å²) in [6.07, 6.45) is 0.138. The third-order valence-corrected chi connectivity index (χ3v) is 9.92. The highest BCUT2D eigenvalue weighted by molar-refractivity contribution is 7.92. The van der Waals surface area contributed by atoms with Gasteiger partial charge in [0.15, 0.2) is 0 Å². The van der Waals surface area contributed by atoms with Crippen LogP contribution in [0.3, 0.4) is 0 Å². The van der Waals surface area contributed by atoms with E-state index in [0.29, 0.717) is 5.56 Å². The van der Waals surface area contributed by atoms with Gasteiger partial charge in [-0.2, -0.15) is 0 Å². The lowest BCUT2D eigenvalue weighted by atomic mass is 10.0. The fraction of sp³-hybridized carbons (Fsp3) is 0.212. The van der Waals surface area contributed by atoms with E-state index in [2.05, 4.69) is 5.32 Å². The average molecular weight is 689 g/mol. The number of halogens is 3. The van der Waals surface area contributed by atoms with Gasteiger partial charge in [0.2, 0.25) is 11.8 Å². The second-order valence-corrected chi connectivity index (χ2v) is 13.3. The Morgan fingerprint density at radius 1 is 0.889 bits per heavy atom. The molecule has 0 fully saturated rings. The molecule has 4 rings (SSSR count). The number of anilines is 1. The molecule has 0 aliphatic heterocycles. The number of methoxy groups -OCH3 is 1. The number of hydrogen-bond donors (Lipinski definition) is 1. The molecular formula is C33H32Cl3N3O5S. The van der Waals surface area contributed by atoms with Gasteiger partial charge >= 0.3 is 0 Å². The zero-order chi connectivity index (χ0) is 32.7. The van der Waals surface area contributed by atoms with Gasteiger partial charge < -0.3 is 15.0 Å². The van der Waals surface area contributed by atoms with Crippen molar-refractivity contribution in [3.63, 3.8) is 0 Å². The van der Waals surface area contributed by atoms with Crippen molar-refractivity contribution in [1.82, 2.24) is 10.2 Å². The molecule has 0 bridgehead atoms. The van der Waals surface area contributed by atoms with Gasteiger partial charge in [0.1, 0.15) is 18.3 Å². The molecule has 0 spiro atoms. The number of carbonyl (C=O) groups is 2. The van der Waals surface area contributed by atoms with E-state index in [9.17, 15) is 18.0 Å². The minimum atomic E-state index is -4.35. The third kappa shape index (κ3) is 8.10. The van der Waals surface area contributed by atoms with Gasteiger partial charge in [-0.3, -0.25) is 13.9 Å². The SMILES string of the molecule is CNC(=O)C(Cc1ccccc1)N(Cc1c(Cl)cccc1Cl)C(=O)CN(c1cc(Cl)ccc1OC)S(=O)(=O)c1ccc(C)cc1. The quantitative estimate of drug-likeness (QED) is 0.182. The van der Waals surface area contributed by atoms with Crippen LogP contribution in [0.2, 0.25) is 15.1 Å². The van der Waals surface area contributed by atoms with Crippen molar-refractivity contribution in [2.45, 2.75) is 30.8 Å². The predicted molar refractivity (Wildman–Crippen MR) is 179 cm³/mol. The Hall–Kier alpha value is -3.76. The molecule has 0 saturated carbocycles. The number of aryl methyl sites for hydroxylation is 1. The Balaban J connectivity index is 1.87. The minimum absolute atomic E-state index is 0.0456. The number of sulfonamides is 1. The molecule has 236 valence electrons. The molecule has 1 N–H and O–H groups in total.